The Morgan fingerprint density at radius 1 is 1.38 bits per heavy atom. The number of aromatic nitrogens is 1. The van der Waals surface area contributed by atoms with E-state index in [4.69, 9.17) is 0 Å². The van der Waals surface area contributed by atoms with Crippen LogP contribution in [0.2, 0.25) is 0 Å². The number of rotatable bonds is 0. The molecule has 3 rings (SSSR count). The molecule has 2 nitrogen and oxygen atoms in total. The van der Waals surface area contributed by atoms with Gasteiger partial charge in [-0.25, -0.2) is 0 Å². The number of pyridine rings is 1. The van der Waals surface area contributed by atoms with Gasteiger partial charge in [-0.1, -0.05) is 6.07 Å². The number of aryl methyl sites for hydroxylation is 1. The van der Waals surface area contributed by atoms with E-state index < -0.39 is 0 Å². The second-order valence-corrected chi connectivity index (χ2v) is 4.20. The fourth-order valence-corrected chi connectivity index (χ4v) is 2.80. The van der Waals surface area contributed by atoms with Crippen molar-refractivity contribution in [3.05, 3.63) is 29.6 Å². The zero-order valence-electron chi connectivity index (χ0n) is 7.71. The summed E-state index contributed by atoms with van der Waals surface area (Å²) in [5.41, 5.74) is 3.30. The zero-order valence-corrected chi connectivity index (χ0v) is 7.71. The predicted octanol–water partition coefficient (Wildman–Crippen LogP) is 1.26. The van der Waals surface area contributed by atoms with Gasteiger partial charge in [-0.05, 0) is 37.4 Å². The van der Waals surface area contributed by atoms with Crippen LogP contribution in [0.25, 0.3) is 0 Å². The van der Waals surface area contributed by atoms with Crippen LogP contribution >= 0.6 is 0 Å². The standard InChI is InChI=1S/C11H14N2/c1-2-9-10(13-6-1)3-4-11(9)5-7-12-8-11/h1-2,6,12H,3-5,7-8H2. The largest absolute Gasteiger partial charge is 0.316 e. The van der Waals surface area contributed by atoms with Crippen LogP contribution in [0.5, 0.6) is 0 Å². The van der Waals surface area contributed by atoms with E-state index in [0.717, 1.165) is 6.54 Å². The summed E-state index contributed by atoms with van der Waals surface area (Å²) in [6.45, 7) is 2.33. The SMILES string of the molecule is c1cnc2c(c1)C1(CCNC1)CC2. The number of hydrogen-bond donors (Lipinski definition) is 1. The molecule has 1 aliphatic heterocycles. The fourth-order valence-electron chi connectivity index (χ4n) is 2.80. The van der Waals surface area contributed by atoms with Crippen molar-refractivity contribution in [2.45, 2.75) is 24.7 Å². The third-order valence-corrected chi connectivity index (χ3v) is 3.55. The maximum atomic E-state index is 4.45. The van der Waals surface area contributed by atoms with Gasteiger partial charge in [0.05, 0.1) is 0 Å². The van der Waals surface area contributed by atoms with Crippen molar-refractivity contribution >= 4 is 0 Å². The highest BCUT2D eigenvalue weighted by molar-refractivity contribution is 5.36. The van der Waals surface area contributed by atoms with Gasteiger partial charge in [0.15, 0.2) is 0 Å². The summed E-state index contributed by atoms with van der Waals surface area (Å²) in [4.78, 5) is 4.45. The Hall–Kier alpha value is -0.890. The molecule has 2 aliphatic rings. The monoisotopic (exact) mass is 174 g/mol. The van der Waals surface area contributed by atoms with E-state index in [1.54, 1.807) is 0 Å². The molecule has 2 heterocycles. The number of nitrogens with one attached hydrogen (secondary N) is 1. The Kier molecular flexibility index (Phi) is 1.47. The molecule has 0 aromatic carbocycles. The lowest BCUT2D eigenvalue weighted by molar-refractivity contribution is 0.468. The molecule has 0 radical (unpaired) electrons. The summed E-state index contributed by atoms with van der Waals surface area (Å²) in [5, 5.41) is 3.47. The smallest absolute Gasteiger partial charge is 0.0442 e. The normalized spacial score (nSPS) is 31.1. The zero-order chi connectivity index (χ0) is 8.73. The highest BCUT2D eigenvalue weighted by Crippen LogP contribution is 2.41. The van der Waals surface area contributed by atoms with Crippen molar-refractivity contribution in [1.29, 1.82) is 0 Å². The average Bonchev–Trinajstić information content (AvgIpc) is 2.78. The molecule has 1 atom stereocenters. The van der Waals surface area contributed by atoms with Gasteiger partial charge in [0.2, 0.25) is 0 Å². The van der Waals surface area contributed by atoms with Crippen LogP contribution in [-0.4, -0.2) is 18.1 Å². The van der Waals surface area contributed by atoms with Crippen LogP contribution in [0.3, 0.4) is 0 Å². The first-order chi connectivity index (χ1) is 6.41. The van der Waals surface area contributed by atoms with Gasteiger partial charge >= 0.3 is 0 Å². The van der Waals surface area contributed by atoms with Crippen LogP contribution in [-0.2, 0) is 11.8 Å². The first kappa shape index (κ1) is 7.51. The number of nitrogens with zero attached hydrogens (tertiary/aromatic N) is 1. The van der Waals surface area contributed by atoms with Gasteiger partial charge < -0.3 is 5.32 Å². The van der Waals surface area contributed by atoms with Crippen LogP contribution in [0, 0.1) is 0 Å². The second-order valence-electron chi connectivity index (χ2n) is 4.20. The van der Waals surface area contributed by atoms with Gasteiger partial charge in [-0.3, -0.25) is 4.98 Å². The molecule has 1 unspecified atom stereocenters. The molecule has 1 aromatic heterocycles. The summed E-state index contributed by atoms with van der Waals surface area (Å²) in [6, 6.07) is 4.34. The lowest BCUT2D eigenvalue weighted by Crippen LogP contribution is -2.25. The molecule has 0 saturated carbocycles. The Bertz CT molecular complexity index is 327. The van der Waals surface area contributed by atoms with Crippen molar-refractivity contribution < 1.29 is 0 Å². The summed E-state index contributed by atoms with van der Waals surface area (Å²) >= 11 is 0. The Morgan fingerprint density at radius 3 is 3.23 bits per heavy atom. The lowest BCUT2D eigenvalue weighted by atomic mass is 9.82. The quantitative estimate of drug-likeness (QED) is 0.640. The van der Waals surface area contributed by atoms with Gasteiger partial charge in [-0.2, -0.15) is 0 Å². The lowest BCUT2D eigenvalue weighted by Gasteiger charge is -2.22. The van der Waals surface area contributed by atoms with Crippen LogP contribution in [0.15, 0.2) is 18.3 Å². The maximum absolute atomic E-state index is 4.45. The topological polar surface area (TPSA) is 24.9 Å². The van der Waals surface area contributed by atoms with E-state index >= 15 is 0 Å². The number of fused-ring (bicyclic) bond motifs is 2. The van der Waals surface area contributed by atoms with E-state index in [1.165, 1.54) is 37.1 Å². The van der Waals surface area contributed by atoms with E-state index in [0.29, 0.717) is 5.41 Å². The molecule has 1 aromatic rings. The average molecular weight is 174 g/mol. The van der Waals surface area contributed by atoms with Crippen LogP contribution in [0.1, 0.15) is 24.1 Å². The Morgan fingerprint density at radius 2 is 2.38 bits per heavy atom. The molecule has 1 aliphatic carbocycles. The molecule has 2 heteroatoms. The molecular formula is C11H14N2. The molecule has 0 amide bonds. The van der Waals surface area contributed by atoms with Gasteiger partial charge in [0, 0.05) is 23.9 Å². The molecule has 13 heavy (non-hydrogen) atoms. The number of hydrogen-bond acceptors (Lipinski definition) is 2. The molecule has 1 fully saturated rings. The van der Waals surface area contributed by atoms with E-state index in [9.17, 15) is 0 Å². The summed E-state index contributed by atoms with van der Waals surface area (Å²) in [5.74, 6) is 0. The van der Waals surface area contributed by atoms with Crippen molar-refractivity contribution in [3.63, 3.8) is 0 Å². The van der Waals surface area contributed by atoms with E-state index in [2.05, 4.69) is 22.4 Å². The summed E-state index contributed by atoms with van der Waals surface area (Å²) in [7, 11) is 0. The fraction of sp³-hybridized carbons (Fsp3) is 0.545. The van der Waals surface area contributed by atoms with Gasteiger partial charge in [-0.15, -0.1) is 0 Å². The maximum Gasteiger partial charge on any atom is 0.0442 e. The first-order valence-corrected chi connectivity index (χ1v) is 5.06. The summed E-state index contributed by atoms with van der Waals surface area (Å²) in [6.07, 6.45) is 5.69. The molecule has 68 valence electrons. The highest BCUT2D eigenvalue weighted by Gasteiger charge is 2.41. The third kappa shape index (κ3) is 0.953. The van der Waals surface area contributed by atoms with Crippen molar-refractivity contribution in [2.24, 2.45) is 0 Å². The summed E-state index contributed by atoms with van der Waals surface area (Å²) < 4.78 is 0. The van der Waals surface area contributed by atoms with E-state index in [-0.39, 0.29) is 0 Å². The molecule has 1 spiro atoms. The van der Waals surface area contributed by atoms with E-state index in [1.807, 2.05) is 6.20 Å². The van der Waals surface area contributed by atoms with Crippen molar-refractivity contribution in [1.82, 2.24) is 10.3 Å². The molecule has 1 N–H and O–H groups in total. The van der Waals surface area contributed by atoms with Crippen LogP contribution in [0.4, 0.5) is 0 Å². The van der Waals surface area contributed by atoms with Gasteiger partial charge in [0.1, 0.15) is 0 Å². The Balaban J connectivity index is 2.11. The Labute approximate surface area is 78.4 Å². The minimum Gasteiger partial charge on any atom is -0.316 e. The molecule has 0 bridgehead atoms. The van der Waals surface area contributed by atoms with Crippen molar-refractivity contribution in [3.8, 4) is 0 Å². The second kappa shape index (κ2) is 2.55. The van der Waals surface area contributed by atoms with Crippen LogP contribution < -0.4 is 5.32 Å². The first-order valence-electron chi connectivity index (χ1n) is 5.06. The van der Waals surface area contributed by atoms with Crippen molar-refractivity contribution in [2.75, 3.05) is 13.1 Å². The minimum absolute atomic E-state index is 0.448. The predicted molar refractivity (Wildman–Crippen MR) is 51.7 cm³/mol. The molecular weight excluding hydrogens is 160 g/mol. The third-order valence-electron chi connectivity index (χ3n) is 3.55. The minimum atomic E-state index is 0.448. The van der Waals surface area contributed by atoms with Gasteiger partial charge in [0.25, 0.3) is 0 Å². The molecule has 1 saturated heterocycles. The highest BCUT2D eigenvalue weighted by atomic mass is 14.9.